The van der Waals surface area contributed by atoms with Crippen molar-refractivity contribution >= 4 is 0 Å². The molecule has 0 heterocycles. The summed E-state index contributed by atoms with van der Waals surface area (Å²) in [6.07, 6.45) is 3.53. The predicted octanol–water partition coefficient (Wildman–Crippen LogP) is 3.04. The summed E-state index contributed by atoms with van der Waals surface area (Å²) < 4.78 is 31.4. The SMILES string of the molecule is [2H]C([2H])(N(C)C)[C@]([2H])(c1ccc(OC)cc1)C1(O)CCCCC1. The van der Waals surface area contributed by atoms with Gasteiger partial charge in [0.2, 0.25) is 0 Å². The first-order valence-electron chi connectivity index (χ1n) is 8.73. The topological polar surface area (TPSA) is 32.7 Å². The molecule has 1 aliphatic rings. The average molecular weight is 280 g/mol. The lowest BCUT2D eigenvalue weighted by Gasteiger charge is -2.40. The van der Waals surface area contributed by atoms with E-state index in [0.717, 1.165) is 19.3 Å². The third-order valence-corrected chi connectivity index (χ3v) is 3.86. The van der Waals surface area contributed by atoms with E-state index in [0.29, 0.717) is 24.2 Å². The Hall–Kier alpha value is -1.06. The Balaban J connectivity index is 2.58. The van der Waals surface area contributed by atoms with Crippen molar-refractivity contribution in [2.45, 2.75) is 43.6 Å². The molecule has 20 heavy (non-hydrogen) atoms. The van der Waals surface area contributed by atoms with E-state index >= 15 is 0 Å². The first-order chi connectivity index (χ1) is 10.7. The highest BCUT2D eigenvalue weighted by Crippen LogP contribution is 2.40. The fourth-order valence-electron chi connectivity index (χ4n) is 2.81. The van der Waals surface area contributed by atoms with Gasteiger partial charge in [-0.05, 0) is 44.6 Å². The van der Waals surface area contributed by atoms with Gasteiger partial charge in [-0.15, -0.1) is 0 Å². The fraction of sp³-hybridized carbons (Fsp3) is 0.647. The highest BCUT2D eigenvalue weighted by atomic mass is 16.5. The summed E-state index contributed by atoms with van der Waals surface area (Å²) in [5.41, 5.74) is -0.922. The molecule has 0 unspecified atom stereocenters. The van der Waals surface area contributed by atoms with Crippen LogP contribution in [0.25, 0.3) is 0 Å². The van der Waals surface area contributed by atoms with Crippen molar-refractivity contribution in [2.75, 3.05) is 27.7 Å². The predicted molar refractivity (Wildman–Crippen MR) is 82.3 cm³/mol. The number of ether oxygens (including phenoxy) is 1. The van der Waals surface area contributed by atoms with Gasteiger partial charge in [0.15, 0.2) is 0 Å². The number of methoxy groups -OCH3 is 1. The number of likely N-dealkylation sites (N-methyl/N-ethyl adjacent to an activating group) is 1. The van der Waals surface area contributed by atoms with Gasteiger partial charge in [-0.3, -0.25) is 0 Å². The monoisotopic (exact) mass is 280 g/mol. The Kier molecular flexibility index (Phi) is 3.82. The molecule has 3 heteroatoms. The van der Waals surface area contributed by atoms with Crippen molar-refractivity contribution in [3.8, 4) is 5.75 Å². The smallest absolute Gasteiger partial charge is 0.118 e. The average Bonchev–Trinajstić information content (AvgIpc) is 2.54. The quantitative estimate of drug-likeness (QED) is 0.900. The molecular weight excluding hydrogens is 250 g/mol. The van der Waals surface area contributed by atoms with E-state index in [4.69, 9.17) is 8.85 Å². The molecule has 0 spiro atoms. The van der Waals surface area contributed by atoms with Gasteiger partial charge < -0.3 is 14.7 Å². The van der Waals surface area contributed by atoms with Crippen LogP contribution in [-0.4, -0.2) is 43.3 Å². The number of hydrogen-bond acceptors (Lipinski definition) is 3. The van der Waals surface area contributed by atoms with Crippen LogP contribution in [0.15, 0.2) is 24.3 Å². The summed E-state index contributed by atoms with van der Waals surface area (Å²) in [5, 5.41) is 11.3. The first kappa shape index (κ1) is 11.6. The summed E-state index contributed by atoms with van der Waals surface area (Å²) in [5.74, 6) is -1.13. The first-order valence-corrected chi connectivity index (χ1v) is 7.23. The van der Waals surface area contributed by atoms with Crippen molar-refractivity contribution in [3.63, 3.8) is 0 Å². The minimum absolute atomic E-state index is 0.440. The van der Waals surface area contributed by atoms with Crippen LogP contribution in [0.4, 0.5) is 0 Å². The van der Waals surface area contributed by atoms with Gasteiger partial charge in [0.1, 0.15) is 5.75 Å². The lowest BCUT2D eigenvalue weighted by Crippen LogP contribution is -2.42. The molecule has 1 aliphatic carbocycles. The summed E-state index contributed by atoms with van der Waals surface area (Å²) in [4.78, 5) is 1.39. The molecule has 0 saturated heterocycles. The highest BCUT2D eigenvalue weighted by Gasteiger charge is 2.38. The highest BCUT2D eigenvalue weighted by molar-refractivity contribution is 5.31. The molecule has 1 saturated carbocycles. The molecule has 3 nitrogen and oxygen atoms in total. The molecule has 1 atom stereocenters. The molecule has 0 amide bonds. The van der Waals surface area contributed by atoms with Gasteiger partial charge in [-0.1, -0.05) is 31.4 Å². The molecule has 1 aromatic rings. The Morgan fingerprint density at radius 1 is 1.30 bits per heavy atom. The Bertz CT molecular complexity index is 527. The van der Waals surface area contributed by atoms with Gasteiger partial charge in [0, 0.05) is 16.5 Å². The van der Waals surface area contributed by atoms with Crippen LogP contribution >= 0.6 is 0 Å². The zero-order chi connectivity index (χ0) is 17.3. The minimum atomic E-state index is -2.02. The van der Waals surface area contributed by atoms with E-state index in [1.165, 1.54) is 4.90 Å². The van der Waals surface area contributed by atoms with Crippen molar-refractivity contribution in [2.24, 2.45) is 0 Å². The van der Waals surface area contributed by atoms with E-state index in [1.54, 1.807) is 45.5 Å². The molecule has 2 rings (SSSR count). The van der Waals surface area contributed by atoms with Gasteiger partial charge in [-0.2, -0.15) is 0 Å². The van der Waals surface area contributed by atoms with E-state index in [-0.39, 0.29) is 0 Å². The van der Waals surface area contributed by atoms with Crippen LogP contribution in [0, 0.1) is 0 Å². The Labute approximate surface area is 126 Å². The van der Waals surface area contributed by atoms with E-state index in [2.05, 4.69) is 0 Å². The van der Waals surface area contributed by atoms with Crippen LogP contribution in [0.5, 0.6) is 5.75 Å². The third kappa shape index (κ3) is 3.53. The van der Waals surface area contributed by atoms with E-state index in [9.17, 15) is 5.11 Å². The van der Waals surface area contributed by atoms with Gasteiger partial charge in [-0.25, -0.2) is 0 Å². The zero-order valence-corrected chi connectivity index (χ0v) is 12.6. The second-order valence-electron chi connectivity index (χ2n) is 5.70. The molecule has 0 radical (unpaired) electrons. The van der Waals surface area contributed by atoms with Gasteiger partial charge in [0.05, 0.1) is 12.7 Å². The van der Waals surface area contributed by atoms with Crippen LogP contribution in [0.3, 0.4) is 0 Å². The van der Waals surface area contributed by atoms with Crippen LogP contribution in [0.1, 0.15) is 47.7 Å². The van der Waals surface area contributed by atoms with Crippen LogP contribution in [-0.2, 0) is 0 Å². The number of aliphatic hydroxyl groups is 1. The standard InChI is InChI=1S/C17H27NO2/c1-18(2)13-16(17(19)11-5-4-6-12-17)14-7-9-15(20-3)10-8-14/h7-10,16,19H,4-6,11-13H2,1-3H3/t16-/m1/s1/i13D2,16D. The Morgan fingerprint density at radius 2 is 1.90 bits per heavy atom. The molecule has 1 fully saturated rings. The number of rotatable bonds is 5. The molecule has 1 N–H and O–H groups in total. The van der Waals surface area contributed by atoms with Crippen LogP contribution in [0.2, 0.25) is 0 Å². The summed E-state index contributed by atoms with van der Waals surface area (Å²) in [7, 11) is 4.79. The largest absolute Gasteiger partial charge is 0.497 e. The molecule has 0 aliphatic heterocycles. The number of benzene rings is 1. The number of nitrogens with zero attached hydrogens (tertiary/aromatic N) is 1. The molecule has 0 aromatic heterocycles. The van der Waals surface area contributed by atoms with Crippen molar-refractivity contribution in [1.29, 1.82) is 0 Å². The summed E-state index contributed by atoms with van der Waals surface area (Å²) >= 11 is 0. The lowest BCUT2D eigenvalue weighted by molar-refractivity contribution is -0.0277. The minimum Gasteiger partial charge on any atom is -0.497 e. The second-order valence-corrected chi connectivity index (χ2v) is 5.70. The molecule has 112 valence electrons. The maximum absolute atomic E-state index is 11.3. The molecule has 0 bridgehead atoms. The van der Waals surface area contributed by atoms with E-state index < -0.39 is 18.0 Å². The van der Waals surface area contributed by atoms with E-state index in [1.807, 2.05) is 0 Å². The van der Waals surface area contributed by atoms with Crippen molar-refractivity contribution < 1.29 is 14.0 Å². The summed E-state index contributed by atoms with van der Waals surface area (Å²) in [6, 6.07) is 6.83. The molecule has 1 aromatic carbocycles. The van der Waals surface area contributed by atoms with Gasteiger partial charge in [0.25, 0.3) is 0 Å². The maximum atomic E-state index is 11.3. The van der Waals surface area contributed by atoms with Crippen molar-refractivity contribution in [3.05, 3.63) is 29.8 Å². The molecular formula is C17H27NO2. The summed E-state index contributed by atoms with van der Waals surface area (Å²) in [6.45, 7) is -2.02. The fourth-order valence-corrected chi connectivity index (χ4v) is 2.81. The maximum Gasteiger partial charge on any atom is 0.118 e. The third-order valence-electron chi connectivity index (χ3n) is 3.86. The number of hydrogen-bond donors (Lipinski definition) is 1. The second kappa shape index (κ2) is 6.59. The normalized spacial score (nSPS) is 24.4. The zero-order valence-electron chi connectivity index (χ0n) is 15.6. The van der Waals surface area contributed by atoms with Crippen LogP contribution < -0.4 is 4.74 Å². The lowest BCUT2D eigenvalue weighted by atomic mass is 9.72. The van der Waals surface area contributed by atoms with Crippen molar-refractivity contribution in [1.82, 2.24) is 4.90 Å². The Morgan fingerprint density at radius 3 is 2.40 bits per heavy atom. The van der Waals surface area contributed by atoms with Gasteiger partial charge >= 0.3 is 0 Å².